The van der Waals surface area contributed by atoms with E-state index in [0.717, 1.165) is 17.1 Å². The standard InChI is InChI=1S/C23H31N3O6S2/c1-4-25(34(30,31)21-11-12-22(32-3)18(2)15-21)17-23(27)24-16-19-7-9-20(10-8-19)33(28,29)26-13-5-6-14-26/h7-12,15H,4-6,13-14,16-17H2,1-3H3,(H,24,27). The van der Waals surface area contributed by atoms with Gasteiger partial charge >= 0.3 is 0 Å². The summed E-state index contributed by atoms with van der Waals surface area (Å²) in [5, 5.41) is 2.71. The molecule has 11 heteroatoms. The number of sulfonamides is 2. The third-order valence-corrected chi connectivity index (χ3v) is 9.62. The molecule has 1 aliphatic rings. The van der Waals surface area contributed by atoms with Gasteiger partial charge in [0.25, 0.3) is 0 Å². The zero-order chi connectivity index (χ0) is 24.9. The van der Waals surface area contributed by atoms with Crippen molar-refractivity contribution in [2.45, 2.75) is 43.0 Å². The molecular formula is C23H31N3O6S2. The molecule has 0 radical (unpaired) electrons. The molecule has 1 amide bonds. The Bertz CT molecular complexity index is 1220. The SMILES string of the molecule is CCN(CC(=O)NCc1ccc(S(=O)(=O)N2CCCC2)cc1)S(=O)(=O)c1ccc(OC)c(C)c1. The van der Waals surface area contributed by atoms with Crippen LogP contribution in [0.5, 0.6) is 5.75 Å². The molecule has 0 unspecified atom stereocenters. The molecule has 1 N–H and O–H groups in total. The molecule has 1 saturated heterocycles. The predicted octanol–water partition coefficient (Wildman–Crippen LogP) is 2.12. The number of likely N-dealkylation sites (N-methyl/N-ethyl adjacent to an activating group) is 1. The first-order valence-corrected chi connectivity index (χ1v) is 14.0. The molecular weight excluding hydrogens is 478 g/mol. The lowest BCUT2D eigenvalue weighted by molar-refractivity contribution is -0.121. The van der Waals surface area contributed by atoms with E-state index in [9.17, 15) is 21.6 Å². The number of amides is 1. The van der Waals surface area contributed by atoms with Crippen molar-refractivity contribution in [1.82, 2.24) is 13.9 Å². The maximum absolute atomic E-state index is 13.0. The quantitative estimate of drug-likeness (QED) is 0.525. The molecule has 1 heterocycles. The number of methoxy groups -OCH3 is 1. The second kappa shape index (κ2) is 10.9. The summed E-state index contributed by atoms with van der Waals surface area (Å²) in [6.45, 7) is 4.45. The predicted molar refractivity (Wildman–Crippen MR) is 128 cm³/mol. The lowest BCUT2D eigenvalue weighted by atomic mass is 10.2. The number of aryl methyl sites for hydroxylation is 1. The molecule has 3 rings (SSSR count). The summed E-state index contributed by atoms with van der Waals surface area (Å²) in [5.41, 5.74) is 1.39. The van der Waals surface area contributed by atoms with Crippen LogP contribution in [0.2, 0.25) is 0 Å². The summed E-state index contributed by atoms with van der Waals surface area (Å²) in [7, 11) is -5.84. The van der Waals surface area contributed by atoms with E-state index in [-0.39, 0.29) is 29.4 Å². The first-order chi connectivity index (χ1) is 16.1. The van der Waals surface area contributed by atoms with E-state index < -0.39 is 26.0 Å². The van der Waals surface area contributed by atoms with Gasteiger partial charge in [-0.15, -0.1) is 0 Å². The number of rotatable bonds is 10. The van der Waals surface area contributed by atoms with Gasteiger partial charge in [0.2, 0.25) is 26.0 Å². The number of benzene rings is 2. The van der Waals surface area contributed by atoms with Crippen LogP contribution in [0.4, 0.5) is 0 Å². The van der Waals surface area contributed by atoms with Crippen LogP contribution >= 0.6 is 0 Å². The summed E-state index contributed by atoms with van der Waals surface area (Å²) in [6.07, 6.45) is 1.73. The molecule has 0 atom stereocenters. The average molecular weight is 510 g/mol. The summed E-state index contributed by atoms with van der Waals surface area (Å²) < 4.78 is 59.0. The lowest BCUT2D eigenvalue weighted by Gasteiger charge is -2.20. The second-order valence-electron chi connectivity index (χ2n) is 8.09. The Morgan fingerprint density at radius 3 is 2.21 bits per heavy atom. The van der Waals surface area contributed by atoms with Crippen LogP contribution in [0.25, 0.3) is 0 Å². The van der Waals surface area contributed by atoms with Gasteiger partial charge in [-0.1, -0.05) is 19.1 Å². The third kappa shape index (κ3) is 5.77. The number of nitrogens with zero attached hydrogens (tertiary/aromatic N) is 2. The van der Waals surface area contributed by atoms with Crippen LogP contribution in [-0.4, -0.2) is 64.6 Å². The van der Waals surface area contributed by atoms with Crippen LogP contribution in [0.1, 0.15) is 30.9 Å². The van der Waals surface area contributed by atoms with Crippen molar-refractivity contribution in [3.8, 4) is 5.75 Å². The minimum atomic E-state index is -3.86. The molecule has 186 valence electrons. The van der Waals surface area contributed by atoms with Gasteiger partial charge in [0, 0.05) is 26.2 Å². The zero-order valence-corrected chi connectivity index (χ0v) is 21.3. The van der Waals surface area contributed by atoms with Crippen LogP contribution in [0, 0.1) is 6.92 Å². The molecule has 34 heavy (non-hydrogen) atoms. The maximum atomic E-state index is 13.0. The van der Waals surface area contributed by atoms with Crippen molar-refractivity contribution in [3.63, 3.8) is 0 Å². The fourth-order valence-corrected chi connectivity index (χ4v) is 6.81. The first kappa shape index (κ1) is 26.1. The lowest BCUT2D eigenvalue weighted by Crippen LogP contribution is -2.40. The van der Waals surface area contributed by atoms with E-state index in [2.05, 4.69) is 5.32 Å². The number of carbonyl (C=O) groups is 1. The first-order valence-electron chi connectivity index (χ1n) is 11.1. The van der Waals surface area contributed by atoms with Crippen LogP contribution < -0.4 is 10.1 Å². The molecule has 2 aromatic carbocycles. The van der Waals surface area contributed by atoms with E-state index in [4.69, 9.17) is 4.74 Å². The molecule has 9 nitrogen and oxygen atoms in total. The van der Waals surface area contributed by atoms with Gasteiger partial charge in [-0.05, 0) is 61.2 Å². The number of ether oxygens (including phenoxy) is 1. The maximum Gasteiger partial charge on any atom is 0.243 e. The van der Waals surface area contributed by atoms with Crippen molar-refractivity contribution in [2.24, 2.45) is 0 Å². The highest BCUT2D eigenvalue weighted by atomic mass is 32.2. The Morgan fingerprint density at radius 2 is 1.65 bits per heavy atom. The molecule has 1 aliphatic heterocycles. The highest BCUT2D eigenvalue weighted by Gasteiger charge is 2.27. The van der Waals surface area contributed by atoms with Crippen molar-refractivity contribution in [1.29, 1.82) is 0 Å². The Morgan fingerprint density at radius 1 is 1.03 bits per heavy atom. The van der Waals surface area contributed by atoms with Crippen molar-refractivity contribution in [2.75, 3.05) is 33.3 Å². The normalized spacial score (nSPS) is 14.9. The number of hydrogen-bond acceptors (Lipinski definition) is 6. The van der Waals surface area contributed by atoms with Gasteiger partial charge in [-0.2, -0.15) is 8.61 Å². The van der Waals surface area contributed by atoms with E-state index in [1.54, 1.807) is 32.0 Å². The second-order valence-corrected chi connectivity index (χ2v) is 12.0. The monoisotopic (exact) mass is 509 g/mol. The Kier molecular flexibility index (Phi) is 8.34. The van der Waals surface area contributed by atoms with Crippen LogP contribution in [-0.2, 0) is 31.4 Å². The van der Waals surface area contributed by atoms with Gasteiger partial charge in [0.1, 0.15) is 5.75 Å². The Balaban J connectivity index is 1.61. The minimum Gasteiger partial charge on any atom is -0.496 e. The smallest absolute Gasteiger partial charge is 0.243 e. The minimum absolute atomic E-state index is 0.0928. The molecule has 0 saturated carbocycles. The zero-order valence-electron chi connectivity index (χ0n) is 19.7. The Hall–Kier alpha value is -2.47. The van der Waals surface area contributed by atoms with Crippen molar-refractivity contribution < 1.29 is 26.4 Å². The molecule has 2 aromatic rings. The van der Waals surface area contributed by atoms with Gasteiger partial charge in [0.15, 0.2) is 0 Å². The third-order valence-electron chi connectivity index (χ3n) is 5.79. The summed E-state index contributed by atoms with van der Waals surface area (Å²) in [6, 6.07) is 10.9. The fourth-order valence-electron chi connectivity index (χ4n) is 3.80. The largest absolute Gasteiger partial charge is 0.496 e. The molecule has 1 fully saturated rings. The molecule has 0 aliphatic carbocycles. The summed E-state index contributed by atoms with van der Waals surface area (Å²) in [5.74, 6) is 0.128. The van der Waals surface area contributed by atoms with E-state index in [1.807, 2.05) is 0 Å². The van der Waals surface area contributed by atoms with Gasteiger partial charge in [0.05, 0.1) is 23.4 Å². The van der Waals surface area contributed by atoms with Gasteiger partial charge in [-0.3, -0.25) is 4.79 Å². The summed E-state index contributed by atoms with van der Waals surface area (Å²) >= 11 is 0. The summed E-state index contributed by atoms with van der Waals surface area (Å²) in [4.78, 5) is 12.8. The highest BCUT2D eigenvalue weighted by molar-refractivity contribution is 7.89. The van der Waals surface area contributed by atoms with E-state index in [0.29, 0.717) is 30.0 Å². The number of carbonyl (C=O) groups excluding carboxylic acids is 1. The topological polar surface area (TPSA) is 113 Å². The van der Waals surface area contributed by atoms with Gasteiger partial charge in [-0.25, -0.2) is 16.8 Å². The van der Waals surface area contributed by atoms with Crippen molar-refractivity contribution >= 4 is 26.0 Å². The van der Waals surface area contributed by atoms with E-state index >= 15 is 0 Å². The van der Waals surface area contributed by atoms with Crippen molar-refractivity contribution in [3.05, 3.63) is 53.6 Å². The highest BCUT2D eigenvalue weighted by Crippen LogP contribution is 2.24. The molecule has 0 aromatic heterocycles. The Labute approximate surface area is 201 Å². The fraction of sp³-hybridized carbons (Fsp3) is 0.435. The van der Waals surface area contributed by atoms with Crippen LogP contribution in [0.15, 0.2) is 52.3 Å². The number of hydrogen-bond donors (Lipinski definition) is 1. The molecule has 0 bridgehead atoms. The molecule has 0 spiro atoms. The average Bonchev–Trinajstić information content (AvgIpc) is 3.37. The number of nitrogens with one attached hydrogen (secondary N) is 1. The van der Waals surface area contributed by atoms with Crippen LogP contribution in [0.3, 0.4) is 0 Å². The van der Waals surface area contributed by atoms with E-state index in [1.165, 1.54) is 35.7 Å². The van der Waals surface area contributed by atoms with Gasteiger partial charge < -0.3 is 10.1 Å².